The Kier molecular flexibility index (Phi) is 3.59. The highest BCUT2D eigenvalue weighted by molar-refractivity contribution is 5.51. The number of hydrogen-bond acceptors (Lipinski definition) is 2. The van der Waals surface area contributed by atoms with E-state index < -0.39 is 0 Å². The zero-order valence-corrected chi connectivity index (χ0v) is 10.2. The fraction of sp³-hybridized carbons (Fsp3) is 0.643. The van der Waals surface area contributed by atoms with Gasteiger partial charge in [-0.05, 0) is 18.9 Å². The van der Waals surface area contributed by atoms with Crippen molar-refractivity contribution in [3.05, 3.63) is 23.8 Å². The maximum atomic E-state index is 10.9. The predicted molar refractivity (Wildman–Crippen MR) is 66.2 cm³/mol. The highest BCUT2D eigenvalue weighted by Crippen LogP contribution is 2.38. The van der Waals surface area contributed by atoms with Crippen LogP contribution in [0.25, 0.3) is 0 Å². The van der Waals surface area contributed by atoms with Gasteiger partial charge >= 0.3 is 0 Å². The molecule has 2 rings (SSSR count). The van der Waals surface area contributed by atoms with Crippen LogP contribution in [0.4, 0.5) is 0 Å². The van der Waals surface area contributed by atoms with Crippen LogP contribution >= 0.6 is 0 Å². The lowest BCUT2D eigenvalue weighted by Gasteiger charge is -2.45. The van der Waals surface area contributed by atoms with E-state index in [4.69, 9.17) is 0 Å². The van der Waals surface area contributed by atoms with Crippen LogP contribution in [0.3, 0.4) is 0 Å². The molecule has 2 aliphatic rings. The number of rotatable bonds is 3. The maximum absolute atomic E-state index is 10.9. The molecule has 2 heteroatoms. The topological polar surface area (TPSA) is 20.3 Å². The van der Waals surface area contributed by atoms with Crippen LogP contribution in [0.15, 0.2) is 23.8 Å². The molecule has 0 amide bonds. The van der Waals surface area contributed by atoms with E-state index in [0.29, 0.717) is 24.3 Å². The average molecular weight is 219 g/mol. The van der Waals surface area contributed by atoms with Gasteiger partial charge in [-0.15, -0.1) is 0 Å². The second kappa shape index (κ2) is 4.96. The Labute approximate surface area is 98.0 Å². The number of fused-ring (bicyclic) bond motifs is 1. The van der Waals surface area contributed by atoms with E-state index in [9.17, 15) is 4.79 Å². The molecule has 0 aromatic carbocycles. The van der Waals surface area contributed by atoms with Crippen LogP contribution in [0.1, 0.15) is 26.7 Å². The number of aldehydes is 1. The van der Waals surface area contributed by atoms with Crippen molar-refractivity contribution in [1.82, 2.24) is 4.90 Å². The fourth-order valence-corrected chi connectivity index (χ4v) is 3.22. The number of carbonyl (C=O) groups excluding carboxylic acids is 1. The lowest BCUT2D eigenvalue weighted by atomic mass is 9.73. The van der Waals surface area contributed by atoms with Gasteiger partial charge in [0.15, 0.2) is 0 Å². The molecule has 16 heavy (non-hydrogen) atoms. The number of piperidine rings is 1. The molecule has 88 valence electrons. The molecule has 1 fully saturated rings. The summed E-state index contributed by atoms with van der Waals surface area (Å²) in [6.45, 7) is 6.62. The molecule has 1 aliphatic heterocycles. The van der Waals surface area contributed by atoms with Crippen molar-refractivity contribution in [2.24, 2.45) is 11.8 Å². The van der Waals surface area contributed by atoms with Gasteiger partial charge in [-0.3, -0.25) is 4.90 Å². The van der Waals surface area contributed by atoms with Gasteiger partial charge in [0.1, 0.15) is 6.29 Å². The Morgan fingerprint density at radius 1 is 1.56 bits per heavy atom. The normalized spacial score (nSPS) is 34.4. The van der Waals surface area contributed by atoms with Gasteiger partial charge < -0.3 is 4.79 Å². The minimum absolute atomic E-state index is 0.419. The number of hydrogen-bond donors (Lipinski definition) is 0. The Bertz CT molecular complexity index is 319. The van der Waals surface area contributed by atoms with Crippen LogP contribution in [-0.4, -0.2) is 30.3 Å². The number of allylic oxidation sites excluding steroid dienone is 3. The first kappa shape index (κ1) is 11.6. The molecule has 0 aromatic heterocycles. The third-order valence-corrected chi connectivity index (χ3v) is 4.03. The average Bonchev–Trinajstić information content (AvgIpc) is 2.30. The molecular weight excluding hydrogens is 198 g/mol. The van der Waals surface area contributed by atoms with Gasteiger partial charge in [-0.1, -0.05) is 37.6 Å². The third-order valence-electron chi connectivity index (χ3n) is 4.03. The monoisotopic (exact) mass is 219 g/mol. The third kappa shape index (κ3) is 1.99. The summed E-state index contributed by atoms with van der Waals surface area (Å²) in [5, 5.41) is 0. The lowest BCUT2D eigenvalue weighted by molar-refractivity contribution is -0.109. The Morgan fingerprint density at radius 3 is 3.06 bits per heavy atom. The van der Waals surface area contributed by atoms with Crippen molar-refractivity contribution in [2.45, 2.75) is 32.7 Å². The van der Waals surface area contributed by atoms with Gasteiger partial charge in [0.2, 0.25) is 0 Å². The fourth-order valence-electron chi connectivity index (χ4n) is 3.22. The van der Waals surface area contributed by atoms with Crippen LogP contribution in [0.2, 0.25) is 0 Å². The SMILES string of the molecule is CCN1CCC2=CC=CC(C)C2C1CC=O. The summed E-state index contributed by atoms with van der Waals surface area (Å²) >= 11 is 0. The van der Waals surface area contributed by atoms with Crippen molar-refractivity contribution in [1.29, 1.82) is 0 Å². The van der Waals surface area contributed by atoms with Crippen LogP contribution in [0, 0.1) is 11.8 Å². The first-order valence-corrected chi connectivity index (χ1v) is 6.32. The second-order valence-corrected chi connectivity index (χ2v) is 4.86. The van der Waals surface area contributed by atoms with Gasteiger partial charge in [0, 0.05) is 24.9 Å². The summed E-state index contributed by atoms with van der Waals surface area (Å²) in [7, 11) is 0. The Hall–Kier alpha value is -0.890. The summed E-state index contributed by atoms with van der Waals surface area (Å²) < 4.78 is 0. The molecular formula is C14H21NO. The van der Waals surface area contributed by atoms with Crippen molar-refractivity contribution < 1.29 is 4.79 Å². The number of carbonyl (C=O) groups is 1. The molecule has 2 nitrogen and oxygen atoms in total. The van der Waals surface area contributed by atoms with Gasteiger partial charge in [-0.2, -0.15) is 0 Å². The molecule has 0 spiro atoms. The minimum Gasteiger partial charge on any atom is -0.303 e. The number of likely N-dealkylation sites (tertiary alicyclic amines) is 1. The van der Waals surface area contributed by atoms with Crippen molar-refractivity contribution in [3.8, 4) is 0 Å². The quantitative estimate of drug-likeness (QED) is 0.679. The second-order valence-electron chi connectivity index (χ2n) is 4.86. The van der Waals surface area contributed by atoms with E-state index in [0.717, 1.165) is 19.4 Å². The molecule has 3 atom stereocenters. The summed E-state index contributed by atoms with van der Waals surface area (Å²) in [5.41, 5.74) is 1.55. The van der Waals surface area contributed by atoms with E-state index >= 15 is 0 Å². The van der Waals surface area contributed by atoms with E-state index in [1.807, 2.05) is 0 Å². The first-order valence-electron chi connectivity index (χ1n) is 6.32. The summed E-state index contributed by atoms with van der Waals surface area (Å²) in [5.74, 6) is 1.13. The van der Waals surface area contributed by atoms with E-state index in [2.05, 4.69) is 37.0 Å². The molecule has 3 unspecified atom stereocenters. The summed E-state index contributed by atoms with van der Waals surface area (Å²) in [6, 6.07) is 0.419. The van der Waals surface area contributed by atoms with Crippen LogP contribution in [0.5, 0.6) is 0 Å². The van der Waals surface area contributed by atoms with Crippen molar-refractivity contribution in [2.75, 3.05) is 13.1 Å². The van der Waals surface area contributed by atoms with E-state index in [1.165, 1.54) is 6.42 Å². The highest BCUT2D eigenvalue weighted by atomic mass is 16.1. The molecule has 1 saturated heterocycles. The molecule has 0 bridgehead atoms. The van der Waals surface area contributed by atoms with Crippen LogP contribution in [-0.2, 0) is 4.79 Å². The van der Waals surface area contributed by atoms with Crippen molar-refractivity contribution >= 4 is 6.29 Å². The highest BCUT2D eigenvalue weighted by Gasteiger charge is 2.36. The molecule has 1 heterocycles. The van der Waals surface area contributed by atoms with E-state index in [1.54, 1.807) is 5.57 Å². The standard InChI is InChI=1S/C14H21NO/c1-3-15-9-7-12-6-4-5-11(2)14(12)13(15)8-10-16/h4-6,10-11,13-14H,3,7-9H2,1-2H3. The maximum Gasteiger partial charge on any atom is 0.121 e. The molecule has 1 aliphatic carbocycles. The Morgan fingerprint density at radius 2 is 2.38 bits per heavy atom. The lowest BCUT2D eigenvalue weighted by Crippen LogP contribution is -2.48. The zero-order chi connectivity index (χ0) is 11.5. The Balaban J connectivity index is 2.23. The summed E-state index contributed by atoms with van der Waals surface area (Å²) in [6.07, 6.45) is 9.63. The zero-order valence-electron chi connectivity index (χ0n) is 10.2. The van der Waals surface area contributed by atoms with E-state index in [-0.39, 0.29) is 0 Å². The largest absolute Gasteiger partial charge is 0.303 e. The molecule has 0 N–H and O–H groups in total. The number of nitrogens with zero attached hydrogens (tertiary/aromatic N) is 1. The minimum atomic E-state index is 0.419. The molecule has 0 radical (unpaired) electrons. The van der Waals surface area contributed by atoms with Crippen LogP contribution < -0.4 is 0 Å². The molecule has 0 saturated carbocycles. The summed E-state index contributed by atoms with van der Waals surface area (Å²) in [4.78, 5) is 13.3. The van der Waals surface area contributed by atoms with Crippen molar-refractivity contribution in [3.63, 3.8) is 0 Å². The van der Waals surface area contributed by atoms with Gasteiger partial charge in [0.25, 0.3) is 0 Å². The van der Waals surface area contributed by atoms with Gasteiger partial charge in [0.05, 0.1) is 0 Å². The predicted octanol–water partition coefficient (Wildman–Crippen LogP) is 2.42. The van der Waals surface area contributed by atoms with Gasteiger partial charge in [-0.25, -0.2) is 0 Å². The first-order chi connectivity index (χ1) is 7.77. The molecule has 0 aromatic rings. The smallest absolute Gasteiger partial charge is 0.121 e.